The topological polar surface area (TPSA) is 168 Å². The van der Waals surface area contributed by atoms with Crippen LogP contribution in [0.1, 0.15) is 81.6 Å². The van der Waals surface area contributed by atoms with E-state index in [1.807, 2.05) is 77.1 Å². The summed E-state index contributed by atoms with van der Waals surface area (Å²) >= 11 is 0. The van der Waals surface area contributed by atoms with E-state index in [4.69, 9.17) is 0 Å². The number of allylic oxidation sites excluding steroid dienone is 4. The van der Waals surface area contributed by atoms with Gasteiger partial charge in [-0.15, -0.1) is 0 Å². The Hall–Kier alpha value is -4.86. The molecule has 0 radical (unpaired) electrons. The summed E-state index contributed by atoms with van der Waals surface area (Å²) in [6.45, 7) is 30.1. The summed E-state index contributed by atoms with van der Waals surface area (Å²) in [6, 6.07) is 0. The second-order valence-corrected chi connectivity index (χ2v) is 17.7. The van der Waals surface area contributed by atoms with Crippen LogP contribution in [0.15, 0.2) is 60.9 Å². The van der Waals surface area contributed by atoms with Crippen LogP contribution >= 0.6 is 0 Å². The Balaban J connectivity index is 0.000000427. The number of nitrogens with one attached hydrogen (secondary N) is 1. The van der Waals surface area contributed by atoms with Crippen LogP contribution in [-0.4, -0.2) is 175 Å². The molecule has 1 N–H and O–H groups in total. The lowest BCUT2D eigenvalue weighted by Crippen LogP contribution is -2.50. The Morgan fingerprint density at radius 2 is 0.953 bits per heavy atom. The van der Waals surface area contributed by atoms with Crippen LogP contribution in [0.2, 0.25) is 0 Å². The quantitative estimate of drug-likeness (QED) is 0.210. The molecule has 0 aromatic carbocycles. The van der Waals surface area contributed by atoms with Crippen LogP contribution in [0.25, 0.3) is 0 Å². The molecule has 4 heterocycles. The van der Waals surface area contributed by atoms with Crippen molar-refractivity contribution in [3.8, 4) is 0 Å². The highest BCUT2D eigenvalue weighted by Gasteiger charge is 2.23. The van der Waals surface area contributed by atoms with Gasteiger partial charge < -0.3 is 20.0 Å². The van der Waals surface area contributed by atoms with Gasteiger partial charge in [0.1, 0.15) is 0 Å². The molecule has 358 valence electrons. The lowest BCUT2D eigenvalue weighted by molar-refractivity contribution is -0.135. The molecule has 4 saturated heterocycles. The average Bonchev–Trinajstić information content (AvgIpc) is 3.22. The molecule has 4 amide bonds. The van der Waals surface area contributed by atoms with Gasteiger partial charge in [-0.2, -0.15) is 0 Å². The van der Waals surface area contributed by atoms with Gasteiger partial charge in [-0.1, -0.05) is 93.2 Å². The number of nitrogens with zero attached hydrogens (tertiary/aromatic N) is 6. The number of piperazine rings is 3. The third kappa shape index (κ3) is 24.3. The summed E-state index contributed by atoms with van der Waals surface area (Å²) in [5, 5.41) is 2.66. The van der Waals surface area contributed by atoms with E-state index in [2.05, 4.69) is 23.7 Å². The third-order valence-electron chi connectivity index (χ3n) is 10.6. The van der Waals surface area contributed by atoms with Crippen molar-refractivity contribution in [3.63, 3.8) is 0 Å². The van der Waals surface area contributed by atoms with Crippen molar-refractivity contribution < 1.29 is 38.4 Å². The number of rotatable bonds is 17. The SMILES string of the molecule is C=C1CN(C/C=C/C(=O)C(C)C)CC(=O)N1.CC(C)C(=O)/C=C/CN1CCCCC1=O.CC(C)C(=O)/C=C/CN1CCN(C)CC1=O.CCN1CCN(C/C=C/C(=O)C(C)C)C(=O)C1. The molecule has 15 nitrogen and oxygen atoms in total. The summed E-state index contributed by atoms with van der Waals surface area (Å²) < 4.78 is 0. The zero-order valence-electron chi connectivity index (χ0n) is 40.6. The summed E-state index contributed by atoms with van der Waals surface area (Å²) in [7, 11) is 1.94. The van der Waals surface area contributed by atoms with E-state index >= 15 is 0 Å². The van der Waals surface area contributed by atoms with Crippen LogP contribution in [0, 0.1) is 23.7 Å². The molecule has 4 aliphatic heterocycles. The first kappa shape index (κ1) is 57.2. The molecule has 0 unspecified atom stereocenters. The van der Waals surface area contributed by atoms with E-state index < -0.39 is 0 Å². The van der Waals surface area contributed by atoms with Gasteiger partial charge in [-0.05, 0) is 50.7 Å². The van der Waals surface area contributed by atoms with Crippen molar-refractivity contribution in [3.05, 3.63) is 60.9 Å². The molecular formula is C49H79N7O8. The Bertz CT molecular complexity index is 1680. The molecule has 64 heavy (non-hydrogen) atoms. The van der Waals surface area contributed by atoms with E-state index in [0.717, 1.165) is 52.1 Å². The van der Waals surface area contributed by atoms with Gasteiger partial charge in [0.15, 0.2) is 23.1 Å². The van der Waals surface area contributed by atoms with E-state index in [9.17, 15) is 38.4 Å². The van der Waals surface area contributed by atoms with Gasteiger partial charge in [-0.3, -0.25) is 53.1 Å². The first-order chi connectivity index (χ1) is 30.1. The number of carbonyl (C=O) groups is 8. The molecule has 0 atom stereocenters. The molecule has 15 heteroatoms. The molecule has 0 saturated carbocycles. The van der Waals surface area contributed by atoms with Gasteiger partial charge in [-0.25, -0.2) is 0 Å². The zero-order valence-corrected chi connectivity index (χ0v) is 40.6. The van der Waals surface area contributed by atoms with Crippen molar-refractivity contribution in [1.82, 2.24) is 34.7 Å². The smallest absolute Gasteiger partial charge is 0.238 e. The predicted molar refractivity (Wildman–Crippen MR) is 253 cm³/mol. The fourth-order valence-electron chi connectivity index (χ4n) is 6.20. The largest absolute Gasteiger partial charge is 0.339 e. The highest BCUT2D eigenvalue weighted by atomic mass is 16.2. The van der Waals surface area contributed by atoms with Crippen molar-refractivity contribution in [1.29, 1.82) is 0 Å². The number of hydrogen-bond acceptors (Lipinski definition) is 11. The lowest BCUT2D eigenvalue weighted by atomic mass is 10.1. The average molecular weight is 894 g/mol. The highest BCUT2D eigenvalue weighted by molar-refractivity contribution is 5.92. The van der Waals surface area contributed by atoms with Crippen LogP contribution in [0.5, 0.6) is 0 Å². The summed E-state index contributed by atoms with van der Waals surface area (Å²) in [6.07, 6.45) is 16.3. The Kier molecular flexibility index (Phi) is 27.8. The molecule has 4 rings (SSSR count). The second-order valence-electron chi connectivity index (χ2n) is 17.7. The molecule has 4 aliphatic rings. The minimum Gasteiger partial charge on any atom is -0.339 e. The van der Waals surface area contributed by atoms with Crippen LogP contribution in [-0.2, 0) is 38.4 Å². The van der Waals surface area contributed by atoms with Gasteiger partial charge in [0, 0.05) is 101 Å². The molecule has 0 aromatic heterocycles. The minimum atomic E-state index is -0.0418. The second kappa shape index (κ2) is 31.1. The number of piperidine rings is 1. The lowest BCUT2D eigenvalue weighted by Gasteiger charge is -2.32. The van der Waals surface area contributed by atoms with Gasteiger partial charge in [0.2, 0.25) is 23.6 Å². The fourth-order valence-corrected chi connectivity index (χ4v) is 6.20. The standard InChI is InChI=1S/C13H22N2O2.C12H18N2O2.C12H20N2O2.C12H19NO2/c1-4-14-8-9-15(13(17)10-14)7-5-6-12(16)11(2)3;1-9(2)11(15)5-4-6-14-7-10(3)13-12(16)8-14;1-10(2)11(15)5-4-6-14-8-7-13(3)9-12(14)16;1-10(2)11(14)6-5-9-13-8-4-3-7-12(13)15/h5-6,11H,4,7-10H2,1-3H3;4-5,9H,3,6-8H2,1-2H3,(H,13,16);4-5,10H,6-9H2,1-3H3;5-6,10H,3-4,7-9H2,1-2H3/b6-5+;2*5-4+;6-5+. The molecular weight excluding hydrogens is 815 g/mol. The number of likely N-dealkylation sites (N-methyl/N-ethyl adjacent to an activating group) is 2. The van der Waals surface area contributed by atoms with Crippen molar-refractivity contribution >= 4 is 46.8 Å². The Morgan fingerprint density at radius 1 is 0.531 bits per heavy atom. The number of likely N-dealkylation sites (tertiary alicyclic amines) is 1. The van der Waals surface area contributed by atoms with Crippen molar-refractivity contribution in [2.75, 3.05) is 98.7 Å². The monoisotopic (exact) mass is 894 g/mol. The molecule has 0 bridgehead atoms. The minimum absolute atomic E-state index is 0.0240. The van der Waals surface area contributed by atoms with Crippen molar-refractivity contribution in [2.45, 2.75) is 81.6 Å². The highest BCUT2D eigenvalue weighted by Crippen LogP contribution is 2.10. The normalized spacial score (nSPS) is 18.3. The van der Waals surface area contributed by atoms with Gasteiger partial charge in [0.25, 0.3) is 0 Å². The summed E-state index contributed by atoms with van der Waals surface area (Å²) in [5.41, 5.74) is 0.708. The van der Waals surface area contributed by atoms with Crippen LogP contribution < -0.4 is 5.32 Å². The van der Waals surface area contributed by atoms with Crippen LogP contribution in [0.3, 0.4) is 0 Å². The summed E-state index contributed by atoms with van der Waals surface area (Å²) in [4.78, 5) is 103. The maximum atomic E-state index is 11.7. The van der Waals surface area contributed by atoms with E-state index in [1.165, 1.54) is 0 Å². The number of hydrogen-bond donors (Lipinski definition) is 1. The van der Waals surface area contributed by atoms with Crippen molar-refractivity contribution in [2.24, 2.45) is 23.7 Å². The first-order valence-corrected chi connectivity index (χ1v) is 22.9. The maximum absolute atomic E-state index is 11.7. The first-order valence-electron chi connectivity index (χ1n) is 22.9. The fraction of sp³-hybridized carbons (Fsp3) is 0.633. The molecule has 0 spiro atoms. The maximum Gasteiger partial charge on any atom is 0.238 e. The Labute approximate surface area is 383 Å². The zero-order chi connectivity index (χ0) is 48.4. The molecule has 4 fully saturated rings. The van der Waals surface area contributed by atoms with Crippen LogP contribution in [0.4, 0.5) is 0 Å². The predicted octanol–water partition coefficient (Wildman–Crippen LogP) is 3.97. The van der Waals surface area contributed by atoms with E-state index in [-0.39, 0.29) is 70.4 Å². The number of carbonyl (C=O) groups excluding carboxylic acids is 8. The van der Waals surface area contributed by atoms with E-state index in [1.54, 1.807) is 58.4 Å². The third-order valence-corrected chi connectivity index (χ3v) is 10.6. The Morgan fingerprint density at radius 3 is 1.34 bits per heavy atom. The summed E-state index contributed by atoms with van der Waals surface area (Å²) in [5.74, 6) is 1.04. The van der Waals surface area contributed by atoms with Gasteiger partial charge >= 0.3 is 0 Å². The van der Waals surface area contributed by atoms with E-state index in [0.29, 0.717) is 64.5 Å². The molecule has 0 aromatic rings. The number of amides is 4. The van der Waals surface area contributed by atoms with Gasteiger partial charge in [0.05, 0.1) is 19.6 Å². The number of ketones is 4. The molecule has 0 aliphatic carbocycles.